The number of carboxylic acids is 1. The number of carboxylic acid groups (broad SMARTS) is 1. The van der Waals surface area contributed by atoms with Crippen molar-refractivity contribution in [2.75, 3.05) is 0 Å². The molecule has 2 heterocycles. The summed E-state index contributed by atoms with van der Waals surface area (Å²) in [5.74, 6) is -1.11. The Balaban J connectivity index is 2.30. The fraction of sp³-hybridized carbons (Fsp3) is 0.643. The molecule has 0 aromatic carbocycles. The van der Waals surface area contributed by atoms with E-state index in [1.807, 2.05) is 46.1 Å². The SMILES string of the molecule is Cc1ccsc1C(CC(=O)O)B1OC(C)(C)C(C)(C)O1. The highest BCUT2D eigenvalue weighted by atomic mass is 32.1. The van der Waals surface area contributed by atoms with E-state index in [4.69, 9.17) is 9.31 Å². The molecule has 1 aromatic rings. The Morgan fingerprint density at radius 3 is 2.30 bits per heavy atom. The second kappa shape index (κ2) is 5.17. The molecule has 1 fully saturated rings. The van der Waals surface area contributed by atoms with Crippen LogP contribution in [-0.2, 0) is 14.1 Å². The topological polar surface area (TPSA) is 55.8 Å². The molecule has 0 spiro atoms. The zero-order valence-electron chi connectivity index (χ0n) is 12.6. The number of carbonyl (C=O) groups is 1. The normalized spacial score (nSPS) is 21.9. The molecule has 1 unspecified atom stereocenters. The average molecular weight is 296 g/mol. The van der Waals surface area contributed by atoms with Crippen LogP contribution in [0.5, 0.6) is 0 Å². The van der Waals surface area contributed by atoms with Gasteiger partial charge in [0.25, 0.3) is 0 Å². The first-order valence-electron chi connectivity index (χ1n) is 6.75. The summed E-state index contributed by atoms with van der Waals surface area (Å²) in [6.45, 7) is 9.91. The predicted octanol–water partition coefficient (Wildman–Crippen LogP) is 3.25. The summed E-state index contributed by atoms with van der Waals surface area (Å²) >= 11 is 1.56. The van der Waals surface area contributed by atoms with Gasteiger partial charge in [-0.15, -0.1) is 11.3 Å². The molecule has 0 bridgehead atoms. The van der Waals surface area contributed by atoms with Gasteiger partial charge in [-0.1, -0.05) is 0 Å². The van der Waals surface area contributed by atoms with Crippen LogP contribution in [0.25, 0.3) is 0 Å². The molecule has 1 N–H and O–H groups in total. The van der Waals surface area contributed by atoms with E-state index in [1.165, 1.54) is 0 Å². The minimum absolute atomic E-state index is 0.0121. The van der Waals surface area contributed by atoms with Crippen molar-refractivity contribution >= 4 is 24.4 Å². The van der Waals surface area contributed by atoms with E-state index >= 15 is 0 Å². The molecule has 1 aliphatic heterocycles. The quantitative estimate of drug-likeness (QED) is 0.867. The third-order valence-corrected chi connectivity index (χ3v) is 5.38. The van der Waals surface area contributed by atoms with Crippen LogP contribution < -0.4 is 0 Å². The average Bonchev–Trinajstić information content (AvgIpc) is 2.78. The van der Waals surface area contributed by atoms with Crippen LogP contribution in [0.1, 0.15) is 50.4 Å². The second-order valence-corrected chi connectivity index (χ2v) is 7.24. The summed E-state index contributed by atoms with van der Waals surface area (Å²) in [6, 6.07) is 2.00. The number of hydrogen-bond donors (Lipinski definition) is 1. The highest BCUT2D eigenvalue weighted by Gasteiger charge is 2.54. The third kappa shape index (κ3) is 2.78. The van der Waals surface area contributed by atoms with Crippen LogP contribution in [0.4, 0.5) is 0 Å². The van der Waals surface area contributed by atoms with Gasteiger partial charge in [0.05, 0.1) is 17.6 Å². The molecule has 6 heteroatoms. The molecule has 110 valence electrons. The molecule has 0 saturated carbocycles. The lowest BCUT2D eigenvalue weighted by molar-refractivity contribution is -0.137. The Hall–Kier alpha value is -0.845. The van der Waals surface area contributed by atoms with Crippen LogP contribution in [0.3, 0.4) is 0 Å². The first-order chi connectivity index (χ1) is 9.14. The molecule has 0 amide bonds. The molecule has 1 saturated heterocycles. The zero-order valence-corrected chi connectivity index (χ0v) is 13.4. The van der Waals surface area contributed by atoms with Crippen molar-refractivity contribution < 1.29 is 19.2 Å². The van der Waals surface area contributed by atoms with Crippen molar-refractivity contribution in [3.05, 3.63) is 21.9 Å². The molecule has 1 aromatic heterocycles. The van der Waals surface area contributed by atoms with Crippen LogP contribution in [0.2, 0.25) is 0 Å². The Labute approximate surface area is 124 Å². The lowest BCUT2D eigenvalue weighted by Gasteiger charge is -2.32. The van der Waals surface area contributed by atoms with Gasteiger partial charge < -0.3 is 14.4 Å². The van der Waals surface area contributed by atoms with E-state index in [1.54, 1.807) is 11.3 Å². The molecule has 0 radical (unpaired) electrons. The van der Waals surface area contributed by atoms with Crippen LogP contribution >= 0.6 is 11.3 Å². The highest BCUT2D eigenvalue weighted by molar-refractivity contribution is 7.10. The summed E-state index contributed by atoms with van der Waals surface area (Å²) in [7, 11) is -0.520. The summed E-state index contributed by atoms with van der Waals surface area (Å²) < 4.78 is 12.1. The minimum Gasteiger partial charge on any atom is -0.481 e. The van der Waals surface area contributed by atoms with Gasteiger partial charge in [0.2, 0.25) is 0 Å². The van der Waals surface area contributed by atoms with E-state index < -0.39 is 24.3 Å². The molecule has 2 rings (SSSR count). The van der Waals surface area contributed by atoms with Crippen molar-refractivity contribution in [1.82, 2.24) is 0 Å². The monoisotopic (exact) mass is 296 g/mol. The first-order valence-corrected chi connectivity index (χ1v) is 7.63. The van der Waals surface area contributed by atoms with E-state index in [0.29, 0.717) is 0 Å². The lowest BCUT2D eigenvalue weighted by Crippen LogP contribution is -2.41. The number of aryl methyl sites for hydroxylation is 1. The van der Waals surface area contributed by atoms with Gasteiger partial charge in [0, 0.05) is 10.7 Å². The molecular formula is C14H21BO4S. The molecule has 0 aliphatic carbocycles. The highest BCUT2D eigenvalue weighted by Crippen LogP contribution is 2.43. The summed E-state index contributed by atoms with van der Waals surface area (Å²) in [5.41, 5.74) is 0.204. The van der Waals surface area contributed by atoms with Crippen molar-refractivity contribution in [1.29, 1.82) is 0 Å². The third-order valence-electron chi connectivity index (χ3n) is 4.23. The van der Waals surface area contributed by atoms with Crippen molar-refractivity contribution in [2.24, 2.45) is 0 Å². The predicted molar refractivity (Wildman–Crippen MR) is 80.1 cm³/mol. The van der Waals surface area contributed by atoms with E-state index in [0.717, 1.165) is 10.4 Å². The fourth-order valence-corrected chi connectivity index (χ4v) is 3.36. The Morgan fingerprint density at radius 2 is 1.90 bits per heavy atom. The number of hydrogen-bond acceptors (Lipinski definition) is 4. The van der Waals surface area contributed by atoms with E-state index in [-0.39, 0.29) is 12.2 Å². The maximum absolute atomic E-state index is 11.2. The van der Waals surface area contributed by atoms with Crippen molar-refractivity contribution in [3.8, 4) is 0 Å². The zero-order chi connectivity index (χ0) is 15.1. The second-order valence-electron chi connectivity index (χ2n) is 6.30. The largest absolute Gasteiger partial charge is 0.481 e. The van der Waals surface area contributed by atoms with Gasteiger partial charge in [0.15, 0.2) is 0 Å². The Bertz CT molecular complexity index is 493. The molecular weight excluding hydrogens is 275 g/mol. The molecule has 1 atom stereocenters. The Morgan fingerprint density at radius 1 is 1.35 bits per heavy atom. The number of aliphatic carboxylic acids is 1. The summed E-state index contributed by atoms with van der Waals surface area (Å²) in [6.07, 6.45) is 0.0121. The smallest absolute Gasteiger partial charge is 0.467 e. The van der Waals surface area contributed by atoms with Gasteiger partial charge in [-0.3, -0.25) is 4.79 Å². The van der Waals surface area contributed by atoms with E-state index in [9.17, 15) is 9.90 Å². The first kappa shape index (κ1) is 15.5. The summed E-state index contributed by atoms with van der Waals surface area (Å²) in [4.78, 5) is 12.2. The molecule has 4 nitrogen and oxygen atoms in total. The maximum Gasteiger partial charge on any atom is 0.467 e. The van der Waals surface area contributed by atoms with Crippen LogP contribution in [0.15, 0.2) is 11.4 Å². The van der Waals surface area contributed by atoms with Crippen LogP contribution in [-0.4, -0.2) is 29.4 Å². The lowest BCUT2D eigenvalue weighted by atomic mass is 9.68. The van der Waals surface area contributed by atoms with Gasteiger partial charge in [-0.2, -0.15) is 0 Å². The van der Waals surface area contributed by atoms with Gasteiger partial charge >= 0.3 is 13.1 Å². The number of thiophene rings is 1. The molecule has 1 aliphatic rings. The van der Waals surface area contributed by atoms with Crippen molar-refractivity contribution in [2.45, 2.75) is 58.1 Å². The van der Waals surface area contributed by atoms with Gasteiger partial charge in [-0.25, -0.2) is 0 Å². The van der Waals surface area contributed by atoms with Crippen LogP contribution in [0, 0.1) is 6.92 Å². The summed E-state index contributed by atoms with van der Waals surface area (Å²) in [5, 5.41) is 11.2. The van der Waals surface area contributed by atoms with E-state index in [2.05, 4.69) is 0 Å². The standard InChI is InChI=1S/C14H21BO4S/c1-9-6-7-20-12(9)10(8-11(16)17)15-18-13(2,3)14(4,5)19-15/h6-7,10H,8H2,1-5H3,(H,16,17). The van der Waals surface area contributed by atoms with Gasteiger partial charge in [-0.05, 0) is 51.6 Å². The van der Waals surface area contributed by atoms with Crippen molar-refractivity contribution in [3.63, 3.8) is 0 Å². The fourth-order valence-electron chi connectivity index (χ4n) is 2.32. The Kier molecular flexibility index (Phi) is 4.02. The molecule has 20 heavy (non-hydrogen) atoms. The number of rotatable bonds is 4. The maximum atomic E-state index is 11.2. The van der Waals surface area contributed by atoms with Gasteiger partial charge in [0.1, 0.15) is 0 Å². The minimum atomic E-state index is -0.836.